The van der Waals surface area contributed by atoms with Crippen LogP contribution >= 0.6 is 0 Å². The van der Waals surface area contributed by atoms with Gasteiger partial charge in [0.25, 0.3) is 0 Å². The minimum Gasteiger partial charge on any atom is -0.481 e. The molecule has 0 bridgehead atoms. The number of hydrogen-bond acceptors (Lipinski definition) is 4. The minimum atomic E-state index is -1.05. The molecule has 0 aliphatic heterocycles. The van der Waals surface area contributed by atoms with Crippen molar-refractivity contribution in [2.75, 3.05) is 12.4 Å². The highest BCUT2D eigenvalue weighted by atomic mass is 16.5. The predicted octanol–water partition coefficient (Wildman–Crippen LogP) is 1.97. The van der Waals surface area contributed by atoms with Gasteiger partial charge in [-0.05, 0) is 17.7 Å². The second-order valence-corrected chi connectivity index (χ2v) is 4.28. The number of carboxylic acids is 1. The van der Waals surface area contributed by atoms with Crippen molar-refractivity contribution in [2.24, 2.45) is 0 Å². The third-order valence-electron chi connectivity index (χ3n) is 2.83. The molecule has 0 fully saturated rings. The molecule has 0 spiro atoms. The van der Waals surface area contributed by atoms with E-state index >= 15 is 0 Å². The third kappa shape index (κ3) is 3.79. The Labute approximate surface area is 121 Å². The Hall–Kier alpha value is -2.89. The molecule has 108 valence electrons. The van der Waals surface area contributed by atoms with Gasteiger partial charge in [-0.1, -0.05) is 18.2 Å². The number of aromatic carboxylic acids is 1. The number of anilines is 1. The number of carboxylic acid groups (broad SMARTS) is 1. The summed E-state index contributed by atoms with van der Waals surface area (Å²) in [5, 5.41) is 11.7. The van der Waals surface area contributed by atoms with Crippen LogP contribution in [0.15, 0.2) is 42.6 Å². The molecule has 1 aromatic carbocycles. The number of benzene rings is 1. The second-order valence-electron chi connectivity index (χ2n) is 4.28. The first-order valence-electron chi connectivity index (χ1n) is 6.21. The largest absolute Gasteiger partial charge is 0.481 e. The molecule has 0 unspecified atom stereocenters. The van der Waals surface area contributed by atoms with Crippen LogP contribution in [0.25, 0.3) is 0 Å². The molecule has 2 rings (SSSR count). The van der Waals surface area contributed by atoms with E-state index in [1.807, 2.05) is 0 Å². The summed E-state index contributed by atoms with van der Waals surface area (Å²) in [5.41, 5.74) is 1.11. The fourth-order valence-corrected chi connectivity index (χ4v) is 1.84. The van der Waals surface area contributed by atoms with E-state index in [0.717, 1.165) is 0 Å². The number of methoxy groups -OCH3 is 1. The molecule has 2 aromatic rings. The van der Waals surface area contributed by atoms with E-state index in [1.165, 1.54) is 19.4 Å². The Balaban J connectivity index is 2.06. The van der Waals surface area contributed by atoms with Crippen molar-refractivity contribution in [1.29, 1.82) is 0 Å². The summed E-state index contributed by atoms with van der Waals surface area (Å²) < 4.78 is 4.92. The van der Waals surface area contributed by atoms with Crippen molar-refractivity contribution in [3.8, 4) is 5.88 Å². The number of amides is 1. The molecule has 0 aliphatic rings. The zero-order valence-corrected chi connectivity index (χ0v) is 11.4. The van der Waals surface area contributed by atoms with Crippen LogP contribution in [0.2, 0.25) is 0 Å². The number of pyridine rings is 1. The zero-order valence-electron chi connectivity index (χ0n) is 11.4. The number of rotatable bonds is 5. The highest BCUT2D eigenvalue weighted by Crippen LogP contribution is 2.13. The Morgan fingerprint density at radius 1 is 1.24 bits per heavy atom. The molecule has 21 heavy (non-hydrogen) atoms. The lowest BCUT2D eigenvalue weighted by Gasteiger charge is -2.07. The summed E-state index contributed by atoms with van der Waals surface area (Å²) in [6, 6.07) is 9.70. The number of aromatic nitrogens is 1. The average Bonchev–Trinajstić information content (AvgIpc) is 2.48. The molecule has 2 N–H and O–H groups in total. The molecule has 0 aliphatic carbocycles. The van der Waals surface area contributed by atoms with Crippen molar-refractivity contribution < 1.29 is 19.4 Å². The van der Waals surface area contributed by atoms with Crippen molar-refractivity contribution in [1.82, 2.24) is 4.98 Å². The molecule has 0 radical (unpaired) electrons. The normalized spacial score (nSPS) is 9.95. The number of carbonyl (C=O) groups excluding carboxylic acids is 1. The quantitative estimate of drug-likeness (QED) is 0.877. The van der Waals surface area contributed by atoms with Gasteiger partial charge in [-0.25, -0.2) is 9.78 Å². The maximum Gasteiger partial charge on any atom is 0.335 e. The number of carbonyl (C=O) groups is 2. The lowest BCUT2D eigenvalue weighted by molar-refractivity contribution is -0.115. The van der Waals surface area contributed by atoms with Crippen molar-refractivity contribution in [3.63, 3.8) is 0 Å². The van der Waals surface area contributed by atoms with Crippen LogP contribution in [0.4, 0.5) is 5.69 Å². The van der Waals surface area contributed by atoms with Crippen molar-refractivity contribution in [3.05, 3.63) is 53.7 Å². The first kappa shape index (κ1) is 14.5. The SMILES string of the molecule is COc1ccc(NC(=O)Cc2ccccc2C(=O)O)cn1. The Morgan fingerprint density at radius 3 is 2.62 bits per heavy atom. The maximum atomic E-state index is 11.9. The number of hydrogen-bond donors (Lipinski definition) is 2. The summed E-state index contributed by atoms with van der Waals surface area (Å²) in [6.07, 6.45) is 1.45. The van der Waals surface area contributed by atoms with Gasteiger partial charge in [-0.2, -0.15) is 0 Å². The predicted molar refractivity (Wildman–Crippen MR) is 76.5 cm³/mol. The average molecular weight is 286 g/mol. The summed E-state index contributed by atoms with van der Waals surface area (Å²) >= 11 is 0. The van der Waals surface area contributed by atoms with Crippen molar-refractivity contribution in [2.45, 2.75) is 6.42 Å². The fraction of sp³-hybridized carbons (Fsp3) is 0.133. The van der Waals surface area contributed by atoms with E-state index in [-0.39, 0.29) is 17.9 Å². The van der Waals surface area contributed by atoms with Crippen LogP contribution in [-0.2, 0) is 11.2 Å². The number of nitrogens with zero attached hydrogens (tertiary/aromatic N) is 1. The second kappa shape index (κ2) is 6.51. The van der Waals surface area contributed by atoms with Crippen LogP contribution in [0.1, 0.15) is 15.9 Å². The molecule has 6 nitrogen and oxygen atoms in total. The van der Waals surface area contributed by atoms with Crippen LogP contribution in [0, 0.1) is 0 Å². The van der Waals surface area contributed by atoms with E-state index in [0.29, 0.717) is 17.1 Å². The standard InChI is InChI=1S/C15H14N2O4/c1-21-14-7-6-11(9-16-14)17-13(18)8-10-4-2-3-5-12(10)15(19)20/h2-7,9H,8H2,1H3,(H,17,18)(H,19,20). The van der Waals surface area contributed by atoms with Crippen LogP contribution in [-0.4, -0.2) is 29.1 Å². The smallest absolute Gasteiger partial charge is 0.335 e. The Bertz CT molecular complexity index is 653. The lowest BCUT2D eigenvalue weighted by Crippen LogP contribution is -2.16. The highest BCUT2D eigenvalue weighted by Gasteiger charge is 2.12. The van der Waals surface area contributed by atoms with Crippen LogP contribution < -0.4 is 10.1 Å². The molecule has 1 heterocycles. The Kier molecular flexibility index (Phi) is 4.50. The summed E-state index contributed by atoms with van der Waals surface area (Å²) in [5.74, 6) is -0.913. The molecular formula is C15H14N2O4. The Morgan fingerprint density at radius 2 is 2.00 bits per heavy atom. The van der Waals surface area contributed by atoms with Crippen molar-refractivity contribution >= 4 is 17.6 Å². The van der Waals surface area contributed by atoms with E-state index < -0.39 is 5.97 Å². The fourth-order valence-electron chi connectivity index (χ4n) is 1.84. The maximum absolute atomic E-state index is 11.9. The van der Waals surface area contributed by atoms with E-state index in [9.17, 15) is 9.59 Å². The van der Waals surface area contributed by atoms with Crippen LogP contribution in [0.5, 0.6) is 5.88 Å². The molecule has 0 saturated heterocycles. The van der Waals surface area contributed by atoms with Gasteiger partial charge in [0.05, 0.1) is 31.0 Å². The van der Waals surface area contributed by atoms with E-state index in [4.69, 9.17) is 9.84 Å². The molecule has 0 atom stereocenters. The van der Waals surface area contributed by atoms with Gasteiger partial charge < -0.3 is 15.2 Å². The first-order valence-corrected chi connectivity index (χ1v) is 6.21. The summed E-state index contributed by atoms with van der Waals surface area (Å²) in [6.45, 7) is 0. The van der Waals surface area contributed by atoms with Gasteiger partial charge in [0, 0.05) is 6.07 Å². The molecule has 1 amide bonds. The van der Waals surface area contributed by atoms with Gasteiger partial charge in [-0.3, -0.25) is 4.79 Å². The first-order chi connectivity index (χ1) is 10.1. The number of nitrogens with one attached hydrogen (secondary N) is 1. The monoisotopic (exact) mass is 286 g/mol. The number of ether oxygens (including phenoxy) is 1. The van der Waals surface area contributed by atoms with Gasteiger partial charge in [0.2, 0.25) is 11.8 Å². The highest BCUT2D eigenvalue weighted by molar-refractivity contribution is 5.95. The topological polar surface area (TPSA) is 88.5 Å². The van der Waals surface area contributed by atoms with E-state index in [2.05, 4.69) is 10.3 Å². The molecule has 1 aromatic heterocycles. The van der Waals surface area contributed by atoms with E-state index in [1.54, 1.807) is 30.3 Å². The summed E-state index contributed by atoms with van der Waals surface area (Å²) in [4.78, 5) is 27.0. The van der Waals surface area contributed by atoms with Gasteiger partial charge in [0.1, 0.15) is 0 Å². The summed E-state index contributed by atoms with van der Waals surface area (Å²) in [7, 11) is 1.50. The minimum absolute atomic E-state index is 0.0193. The lowest BCUT2D eigenvalue weighted by atomic mass is 10.0. The van der Waals surface area contributed by atoms with Crippen LogP contribution in [0.3, 0.4) is 0 Å². The van der Waals surface area contributed by atoms with Gasteiger partial charge >= 0.3 is 5.97 Å². The molecular weight excluding hydrogens is 272 g/mol. The van der Waals surface area contributed by atoms with Gasteiger partial charge in [-0.15, -0.1) is 0 Å². The zero-order chi connectivity index (χ0) is 15.2. The molecule has 0 saturated carbocycles. The third-order valence-corrected chi connectivity index (χ3v) is 2.83. The molecule has 6 heteroatoms. The van der Waals surface area contributed by atoms with Gasteiger partial charge in [0.15, 0.2) is 0 Å².